The molecule has 0 amide bonds. The molecule has 0 atom stereocenters. The van der Waals surface area contributed by atoms with E-state index in [0.717, 1.165) is 60.8 Å². The second-order valence-electron chi connectivity index (χ2n) is 12.5. The highest BCUT2D eigenvalue weighted by Crippen LogP contribution is 2.51. The first-order chi connectivity index (χ1) is 23.5. The van der Waals surface area contributed by atoms with E-state index in [4.69, 9.17) is 9.97 Å². The normalized spacial score (nSPS) is 12.9. The molecule has 0 fully saturated rings. The fourth-order valence-electron chi connectivity index (χ4n) is 6.74. The number of fused-ring (bicyclic) bond motifs is 2. The average molecular weight is 634 g/mol. The molecule has 1 aromatic heterocycles. The molecule has 0 saturated carbocycles. The first kappa shape index (κ1) is 29.6. The predicted octanol–water partition coefficient (Wildman–Crippen LogP) is 11.5. The minimum Gasteiger partial charge on any atom is -0.228 e. The number of hydrogen-bond donors (Lipinski definition) is 0. The van der Waals surface area contributed by atoms with Crippen LogP contribution in [0, 0.1) is 11.3 Å². The standard InChI is InChI=1S/C44H31N3S/c1-44(2)37-18-9-10-19-40(37)48-41-25-24-35(36(28-45)42(41)44)33-16-11-17-34(26-33)39-27-38(46-43(47-39)32-14-7-4-8-15-32)31-22-20-30(21-23-31)29-12-5-3-6-13-29/h3-27H,1-2H3. The molecule has 7 aromatic rings. The van der Waals surface area contributed by atoms with Crippen LogP contribution in [0.4, 0.5) is 0 Å². The van der Waals surface area contributed by atoms with Crippen LogP contribution in [0.15, 0.2) is 161 Å². The summed E-state index contributed by atoms with van der Waals surface area (Å²) >= 11 is 1.75. The van der Waals surface area contributed by atoms with Crippen molar-refractivity contribution in [2.24, 2.45) is 0 Å². The van der Waals surface area contributed by atoms with Gasteiger partial charge in [-0.2, -0.15) is 5.26 Å². The largest absolute Gasteiger partial charge is 0.228 e. The monoisotopic (exact) mass is 633 g/mol. The molecule has 1 aliphatic rings. The highest BCUT2D eigenvalue weighted by molar-refractivity contribution is 7.99. The van der Waals surface area contributed by atoms with Gasteiger partial charge in [0.05, 0.1) is 17.0 Å². The zero-order chi connectivity index (χ0) is 32.7. The van der Waals surface area contributed by atoms with Gasteiger partial charge in [0.15, 0.2) is 5.82 Å². The van der Waals surface area contributed by atoms with Gasteiger partial charge in [-0.1, -0.05) is 153 Å². The summed E-state index contributed by atoms with van der Waals surface area (Å²) in [5.74, 6) is 0.671. The summed E-state index contributed by atoms with van der Waals surface area (Å²) in [6, 6.07) is 54.9. The van der Waals surface area contributed by atoms with Crippen LogP contribution in [0.2, 0.25) is 0 Å². The second kappa shape index (κ2) is 12.1. The van der Waals surface area contributed by atoms with Crippen LogP contribution in [0.25, 0.3) is 56.2 Å². The van der Waals surface area contributed by atoms with Gasteiger partial charge < -0.3 is 0 Å². The Bertz CT molecular complexity index is 2340. The molecule has 2 heterocycles. The Morgan fingerprint density at radius 1 is 0.521 bits per heavy atom. The van der Waals surface area contributed by atoms with Gasteiger partial charge in [0.2, 0.25) is 0 Å². The van der Waals surface area contributed by atoms with Gasteiger partial charge in [0.25, 0.3) is 0 Å². The number of hydrogen-bond acceptors (Lipinski definition) is 4. The lowest BCUT2D eigenvalue weighted by Gasteiger charge is -2.35. The van der Waals surface area contributed by atoms with Crippen LogP contribution in [0.5, 0.6) is 0 Å². The molecule has 0 unspecified atom stereocenters. The molecule has 0 saturated heterocycles. The molecule has 8 rings (SSSR count). The van der Waals surface area contributed by atoms with E-state index in [-0.39, 0.29) is 5.41 Å². The van der Waals surface area contributed by atoms with E-state index in [9.17, 15) is 5.26 Å². The number of benzene rings is 6. The van der Waals surface area contributed by atoms with E-state index in [1.54, 1.807) is 11.8 Å². The molecule has 1 aliphatic heterocycles. The topological polar surface area (TPSA) is 49.6 Å². The minimum atomic E-state index is -0.307. The van der Waals surface area contributed by atoms with Crippen molar-refractivity contribution in [3.63, 3.8) is 0 Å². The van der Waals surface area contributed by atoms with Crippen LogP contribution in [-0.2, 0) is 5.41 Å². The number of aromatic nitrogens is 2. The Morgan fingerprint density at radius 2 is 1.10 bits per heavy atom. The minimum absolute atomic E-state index is 0.307. The summed E-state index contributed by atoms with van der Waals surface area (Å²) in [7, 11) is 0. The maximum Gasteiger partial charge on any atom is 0.160 e. The van der Waals surface area contributed by atoms with Crippen LogP contribution in [0.1, 0.15) is 30.5 Å². The maximum atomic E-state index is 10.6. The molecule has 0 spiro atoms. The summed E-state index contributed by atoms with van der Waals surface area (Å²) in [6.45, 7) is 4.46. The first-order valence-corrected chi connectivity index (χ1v) is 16.9. The Kier molecular flexibility index (Phi) is 7.48. The summed E-state index contributed by atoms with van der Waals surface area (Å²) < 4.78 is 0. The number of rotatable bonds is 5. The third kappa shape index (κ3) is 5.29. The second-order valence-corrected chi connectivity index (χ2v) is 13.6. The van der Waals surface area contributed by atoms with E-state index in [2.05, 4.69) is 135 Å². The van der Waals surface area contributed by atoms with Gasteiger partial charge in [0, 0.05) is 31.9 Å². The van der Waals surface area contributed by atoms with Crippen LogP contribution in [0.3, 0.4) is 0 Å². The predicted molar refractivity (Wildman–Crippen MR) is 197 cm³/mol. The lowest BCUT2D eigenvalue weighted by Crippen LogP contribution is -2.25. The van der Waals surface area contributed by atoms with Crippen molar-refractivity contribution in [2.45, 2.75) is 29.1 Å². The van der Waals surface area contributed by atoms with E-state index < -0.39 is 0 Å². The maximum absolute atomic E-state index is 10.6. The molecule has 48 heavy (non-hydrogen) atoms. The molecular formula is C44H31N3S. The van der Waals surface area contributed by atoms with Crippen LogP contribution < -0.4 is 0 Å². The van der Waals surface area contributed by atoms with Gasteiger partial charge in [0.1, 0.15) is 6.07 Å². The molecular weight excluding hydrogens is 603 g/mol. The fraction of sp³-hybridized carbons (Fsp3) is 0.0682. The molecule has 4 heteroatoms. The van der Waals surface area contributed by atoms with Gasteiger partial charge in [-0.3, -0.25) is 0 Å². The van der Waals surface area contributed by atoms with Gasteiger partial charge >= 0.3 is 0 Å². The van der Waals surface area contributed by atoms with Crippen molar-refractivity contribution in [1.82, 2.24) is 9.97 Å². The molecule has 0 aliphatic carbocycles. The summed E-state index contributed by atoms with van der Waals surface area (Å²) in [6.07, 6.45) is 0. The van der Waals surface area contributed by atoms with E-state index in [0.29, 0.717) is 5.82 Å². The number of nitrogens with zero attached hydrogens (tertiary/aromatic N) is 3. The van der Waals surface area contributed by atoms with Crippen molar-refractivity contribution >= 4 is 11.8 Å². The highest BCUT2D eigenvalue weighted by atomic mass is 32.2. The Balaban J connectivity index is 1.23. The highest BCUT2D eigenvalue weighted by Gasteiger charge is 2.36. The van der Waals surface area contributed by atoms with Gasteiger partial charge in [-0.25, -0.2) is 9.97 Å². The molecule has 0 bridgehead atoms. The summed E-state index contributed by atoms with van der Waals surface area (Å²) in [5.41, 5.74) is 11.6. The van der Waals surface area contributed by atoms with Crippen LogP contribution >= 0.6 is 11.8 Å². The molecule has 6 aromatic carbocycles. The third-order valence-electron chi connectivity index (χ3n) is 9.20. The molecule has 0 radical (unpaired) electrons. The van der Waals surface area contributed by atoms with E-state index in [1.165, 1.54) is 16.0 Å². The Hall–Kier alpha value is -5.76. The van der Waals surface area contributed by atoms with E-state index in [1.807, 2.05) is 36.4 Å². The Labute approximate surface area is 285 Å². The number of nitriles is 1. The lowest BCUT2D eigenvalue weighted by atomic mass is 9.74. The summed E-state index contributed by atoms with van der Waals surface area (Å²) in [4.78, 5) is 12.5. The zero-order valence-corrected chi connectivity index (χ0v) is 27.5. The van der Waals surface area contributed by atoms with Crippen molar-refractivity contribution in [2.75, 3.05) is 0 Å². The SMILES string of the molecule is CC1(C)c2ccccc2Sc2ccc(-c3cccc(-c4cc(-c5ccc(-c6ccccc6)cc5)nc(-c5ccccc5)n4)c3)c(C#N)c21. The lowest BCUT2D eigenvalue weighted by molar-refractivity contribution is 0.605. The Morgan fingerprint density at radius 3 is 1.83 bits per heavy atom. The van der Waals surface area contributed by atoms with Crippen LogP contribution in [-0.4, -0.2) is 9.97 Å². The van der Waals surface area contributed by atoms with Gasteiger partial charge in [-0.05, 0) is 57.6 Å². The average Bonchev–Trinajstić information content (AvgIpc) is 3.15. The van der Waals surface area contributed by atoms with Crippen molar-refractivity contribution in [1.29, 1.82) is 5.26 Å². The fourth-order valence-corrected chi connectivity index (χ4v) is 8.15. The zero-order valence-electron chi connectivity index (χ0n) is 26.7. The third-order valence-corrected chi connectivity index (χ3v) is 10.3. The quantitative estimate of drug-likeness (QED) is 0.189. The smallest absolute Gasteiger partial charge is 0.160 e. The molecule has 0 N–H and O–H groups in total. The molecule has 228 valence electrons. The molecule has 3 nitrogen and oxygen atoms in total. The van der Waals surface area contributed by atoms with Crippen molar-refractivity contribution < 1.29 is 0 Å². The van der Waals surface area contributed by atoms with Crippen molar-refractivity contribution in [3.05, 3.63) is 168 Å². The van der Waals surface area contributed by atoms with E-state index >= 15 is 0 Å². The summed E-state index contributed by atoms with van der Waals surface area (Å²) in [5, 5.41) is 10.6. The first-order valence-electron chi connectivity index (χ1n) is 16.1. The van der Waals surface area contributed by atoms with Gasteiger partial charge in [-0.15, -0.1) is 0 Å². The van der Waals surface area contributed by atoms with Crippen molar-refractivity contribution in [3.8, 4) is 62.2 Å².